The predicted octanol–water partition coefficient (Wildman–Crippen LogP) is 1.90. The van der Waals surface area contributed by atoms with Crippen LogP contribution < -0.4 is 0 Å². The Morgan fingerprint density at radius 1 is 1.44 bits per heavy atom. The van der Waals surface area contributed by atoms with Crippen LogP contribution in [0.2, 0.25) is 0 Å². The summed E-state index contributed by atoms with van der Waals surface area (Å²) in [5.41, 5.74) is 0. The number of rotatable bonds is 5. The molecule has 1 fully saturated rings. The highest BCUT2D eigenvalue weighted by Crippen LogP contribution is 2.27. The average Bonchev–Trinajstić information content (AvgIpc) is 2.96. The lowest BCUT2D eigenvalue weighted by molar-refractivity contribution is -0.138. The molecule has 1 aromatic heterocycles. The molecule has 1 aromatic carbocycles. The Labute approximate surface area is 148 Å². The highest BCUT2D eigenvalue weighted by Gasteiger charge is 2.27. The Kier molecular flexibility index (Phi) is 5.31. The SMILES string of the molecule is CN(CC(=O)O)CC1CN(C(=O)c2cc3cc(F)ccc3s2)CCO1. The quantitative estimate of drug-likeness (QED) is 0.875. The summed E-state index contributed by atoms with van der Waals surface area (Å²) in [6, 6.07) is 6.20. The topological polar surface area (TPSA) is 70.1 Å². The van der Waals surface area contributed by atoms with Gasteiger partial charge in [0.2, 0.25) is 0 Å². The number of likely N-dealkylation sites (N-methyl/N-ethyl adjacent to an activating group) is 1. The van der Waals surface area contributed by atoms with E-state index in [1.165, 1.54) is 23.5 Å². The molecular weight excluding hydrogens is 347 g/mol. The van der Waals surface area contributed by atoms with Crippen LogP contribution in [0.5, 0.6) is 0 Å². The minimum Gasteiger partial charge on any atom is -0.480 e. The lowest BCUT2D eigenvalue weighted by Crippen LogP contribution is -2.49. The smallest absolute Gasteiger partial charge is 0.317 e. The molecule has 1 amide bonds. The molecule has 8 heteroatoms. The number of nitrogens with zero attached hydrogens (tertiary/aromatic N) is 2. The maximum absolute atomic E-state index is 13.3. The lowest BCUT2D eigenvalue weighted by atomic mass is 10.2. The number of amides is 1. The largest absolute Gasteiger partial charge is 0.480 e. The number of hydrogen-bond donors (Lipinski definition) is 1. The van der Waals surface area contributed by atoms with Crippen molar-refractivity contribution in [1.29, 1.82) is 0 Å². The Morgan fingerprint density at radius 3 is 3.00 bits per heavy atom. The van der Waals surface area contributed by atoms with E-state index in [1.54, 1.807) is 29.0 Å². The van der Waals surface area contributed by atoms with Crippen LogP contribution in [0.1, 0.15) is 9.67 Å². The van der Waals surface area contributed by atoms with E-state index < -0.39 is 5.97 Å². The van der Waals surface area contributed by atoms with Crippen molar-refractivity contribution >= 4 is 33.3 Å². The van der Waals surface area contributed by atoms with Gasteiger partial charge in [0.05, 0.1) is 24.1 Å². The first-order chi connectivity index (χ1) is 11.9. The molecule has 6 nitrogen and oxygen atoms in total. The zero-order chi connectivity index (χ0) is 18.0. The van der Waals surface area contributed by atoms with Crippen LogP contribution >= 0.6 is 11.3 Å². The van der Waals surface area contributed by atoms with Gasteiger partial charge in [0.25, 0.3) is 5.91 Å². The number of fused-ring (bicyclic) bond motifs is 1. The third-order valence-corrected chi connectivity index (χ3v) is 5.14. The van der Waals surface area contributed by atoms with E-state index in [1.807, 2.05) is 0 Å². The number of halogens is 1. The van der Waals surface area contributed by atoms with Crippen molar-refractivity contribution in [1.82, 2.24) is 9.80 Å². The Hall–Kier alpha value is -2.03. The summed E-state index contributed by atoms with van der Waals surface area (Å²) in [5, 5.41) is 9.54. The third-order valence-electron chi connectivity index (χ3n) is 4.04. The molecule has 1 atom stereocenters. The Balaban J connectivity index is 1.67. The number of ether oxygens (including phenoxy) is 1. The molecule has 0 spiro atoms. The third kappa shape index (κ3) is 4.33. The number of carbonyl (C=O) groups excluding carboxylic acids is 1. The molecule has 0 aliphatic carbocycles. The van der Waals surface area contributed by atoms with Gasteiger partial charge < -0.3 is 14.7 Å². The van der Waals surface area contributed by atoms with E-state index in [-0.39, 0.29) is 24.4 Å². The van der Waals surface area contributed by atoms with Gasteiger partial charge in [-0.3, -0.25) is 14.5 Å². The summed E-state index contributed by atoms with van der Waals surface area (Å²) in [6.45, 7) is 1.67. The molecular formula is C17H19FN2O4S. The molecule has 134 valence electrons. The molecule has 0 bridgehead atoms. The molecule has 0 radical (unpaired) electrons. The first-order valence-corrected chi connectivity index (χ1v) is 8.74. The second kappa shape index (κ2) is 7.47. The highest BCUT2D eigenvalue weighted by atomic mass is 32.1. The van der Waals surface area contributed by atoms with Crippen LogP contribution in [-0.4, -0.2) is 72.7 Å². The molecule has 1 aliphatic rings. The van der Waals surface area contributed by atoms with Crippen LogP contribution in [-0.2, 0) is 9.53 Å². The van der Waals surface area contributed by atoms with Gasteiger partial charge >= 0.3 is 5.97 Å². The van der Waals surface area contributed by atoms with E-state index in [0.29, 0.717) is 31.1 Å². The van der Waals surface area contributed by atoms with Crippen LogP contribution in [0.3, 0.4) is 0 Å². The van der Waals surface area contributed by atoms with Gasteiger partial charge in [-0.05, 0) is 36.7 Å². The standard InChI is InChI=1S/C17H19FN2O4S/c1-19(10-16(21)22)8-13-9-20(4-5-24-13)17(23)15-7-11-6-12(18)2-3-14(11)25-15/h2-3,6-7,13H,4-5,8-10H2,1H3,(H,21,22). The minimum atomic E-state index is -0.899. The molecule has 1 N–H and O–H groups in total. The van der Waals surface area contributed by atoms with Crippen LogP contribution in [0, 0.1) is 5.82 Å². The summed E-state index contributed by atoms with van der Waals surface area (Å²) in [7, 11) is 1.71. The van der Waals surface area contributed by atoms with Gasteiger partial charge in [0, 0.05) is 24.3 Å². The Bertz CT molecular complexity index is 794. The second-order valence-electron chi connectivity index (χ2n) is 6.13. The first-order valence-electron chi connectivity index (χ1n) is 7.92. The number of thiophene rings is 1. The first kappa shape index (κ1) is 17.8. The van der Waals surface area contributed by atoms with Crippen molar-refractivity contribution in [2.45, 2.75) is 6.10 Å². The van der Waals surface area contributed by atoms with Gasteiger partial charge in [-0.15, -0.1) is 11.3 Å². The number of carbonyl (C=O) groups is 2. The fourth-order valence-electron chi connectivity index (χ4n) is 2.93. The summed E-state index contributed by atoms with van der Waals surface area (Å²) < 4.78 is 19.8. The normalized spacial score (nSPS) is 18.0. The van der Waals surface area contributed by atoms with Crippen molar-refractivity contribution in [3.8, 4) is 0 Å². The van der Waals surface area contributed by atoms with Crippen molar-refractivity contribution in [2.75, 3.05) is 39.8 Å². The molecule has 0 saturated carbocycles. The molecule has 2 aromatic rings. The van der Waals surface area contributed by atoms with Gasteiger partial charge in [-0.25, -0.2) is 4.39 Å². The van der Waals surface area contributed by atoms with Gasteiger partial charge in [-0.1, -0.05) is 0 Å². The maximum Gasteiger partial charge on any atom is 0.317 e. The molecule has 2 heterocycles. The van der Waals surface area contributed by atoms with Crippen LogP contribution in [0.15, 0.2) is 24.3 Å². The molecule has 1 aliphatic heterocycles. The van der Waals surface area contributed by atoms with E-state index in [4.69, 9.17) is 9.84 Å². The number of hydrogen-bond acceptors (Lipinski definition) is 5. The summed E-state index contributed by atoms with van der Waals surface area (Å²) in [5.74, 6) is -1.32. The van der Waals surface area contributed by atoms with Crippen molar-refractivity contribution in [3.63, 3.8) is 0 Å². The fourth-order valence-corrected chi connectivity index (χ4v) is 3.94. The van der Waals surface area contributed by atoms with Crippen molar-refractivity contribution in [3.05, 3.63) is 35.0 Å². The van der Waals surface area contributed by atoms with Gasteiger partial charge in [0.1, 0.15) is 5.82 Å². The number of aliphatic carboxylic acids is 1. The lowest BCUT2D eigenvalue weighted by Gasteiger charge is -2.34. The van der Waals surface area contributed by atoms with Crippen LogP contribution in [0.25, 0.3) is 10.1 Å². The van der Waals surface area contributed by atoms with Gasteiger partial charge in [-0.2, -0.15) is 0 Å². The van der Waals surface area contributed by atoms with Crippen molar-refractivity contribution < 1.29 is 23.8 Å². The number of carboxylic acids is 1. The number of benzene rings is 1. The molecule has 3 rings (SSSR count). The van der Waals surface area contributed by atoms with E-state index in [9.17, 15) is 14.0 Å². The predicted molar refractivity (Wildman–Crippen MR) is 92.6 cm³/mol. The minimum absolute atomic E-state index is 0.0737. The van der Waals surface area contributed by atoms with E-state index in [0.717, 1.165) is 10.1 Å². The van der Waals surface area contributed by atoms with Crippen molar-refractivity contribution in [2.24, 2.45) is 0 Å². The average molecular weight is 366 g/mol. The highest BCUT2D eigenvalue weighted by molar-refractivity contribution is 7.20. The van der Waals surface area contributed by atoms with Crippen LogP contribution in [0.4, 0.5) is 4.39 Å². The summed E-state index contributed by atoms with van der Waals surface area (Å²) >= 11 is 1.34. The summed E-state index contributed by atoms with van der Waals surface area (Å²) in [4.78, 5) is 27.4. The molecule has 25 heavy (non-hydrogen) atoms. The van der Waals surface area contributed by atoms with E-state index in [2.05, 4.69) is 0 Å². The van der Waals surface area contributed by atoms with E-state index >= 15 is 0 Å². The van der Waals surface area contributed by atoms with Gasteiger partial charge in [0.15, 0.2) is 0 Å². The maximum atomic E-state index is 13.3. The number of carboxylic acid groups (broad SMARTS) is 1. The summed E-state index contributed by atoms with van der Waals surface area (Å²) in [6.07, 6.45) is -0.228. The monoisotopic (exact) mass is 366 g/mol. The molecule has 1 saturated heterocycles. The molecule has 1 unspecified atom stereocenters. The zero-order valence-electron chi connectivity index (χ0n) is 13.8. The Morgan fingerprint density at radius 2 is 2.24 bits per heavy atom. The zero-order valence-corrected chi connectivity index (χ0v) is 14.6. The number of morpholine rings is 1. The fraction of sp³-hybridized carbons (Fsp3) is 0.412. The second-order valence-corrected chi connectivity index (χ2v) is 7.21.